The predicted octanol–water partition coefficient (Wildman–Crippen LogP) is 3.85. The average Bonchev–Trinajstić information content (AvgIpc) is 3.97. The molecule has 6 heterocycles. The summed E-state index contributed by atoms with van der Waals surface area (Å²) < 4.78 is 29.4. The molecule has 3 atom stereocenters. The molecule has 5 aromatic heterocycles. The van der Waals surface area contributed by atoms with Crippen molar-refractivity contribution in [2.75, 3.05) is 24.2 Å². The van der Waals surface area contributed by atoms with E-state index in [0.717, 1.165) is 16.9 Å². The van der Waals surface area contributed by atoms with Crippen LogP contribution in [0.5, 0.6) is 0 Å². The van der Waals surface area contributed by atoms with Crippen LogP contribution in [0.2, 0.25) is 0 Å². The van der Waals surface area contributed by atoms with Gasteiger partial charge >= 0.3 is 0 Å². The number of benzene rings is 2. The molecular formula is C35H35N11O4. The molecule has 1 aliphatic heterocycles. The number of nitrogens with zero attached hydrogens (tertiary/aromatic N) is 8. The molecule has 0 spiro atoms. The van der Waals surface area contributed by atoms with Gasteiger partial charge in [0.05, 0.1) is 52.0 Å². The van der Waals surface area contributed by atoms with E-state index < -0.39 is 17.9 Å². The van der Waals surface area contributed by atoms with Crippen molar-refractivity contribution >= 4 is 34.0 Å². The number of hydrogen-bond acceptors (Lipinski definition) is 13. The first-order valence-electron chi connectivity index (χ1n) is 16.2. The minimum Gasteiger partial charge on any atom is -0.467 e. The van der Waals surface area contributed by atoms with Crippen LogP contribution in [-0.2, 0) is 46.4 Å². The second-order valence-corrected chi connectivity index (χ2v) is 11.9. The van der Waals surface area contributed by atoms with Crippen molar-refractivity contribution < 1.29 is 18.6 Å². The third-order valence-corrected chi connectivity index (χ3v) is 8.70. The zero-order valence-electron chi connectivity index (χ0n) is 27.0. The maximum Gasteiger partial charge on any atom is 0.200 e. The van der Waals surface area contributed by atoms with E-state index in [9.17, 15) is 0 Å². The minimum atomic E-state index is -1.14. The maximum atomic E-state index is 6.87. The van der Waals surface area contributed by atoms with Gasteiger partial charge in [-0.3, -0.25) is 9.88 Å². The number of hydrogen-bond donors (Lipinski definition) is 3. The second kappa shape index (κ2) is 14.0. The molecule has 4 N–H and O–H groups in total. The molecule has 0 saturated carbocycles. The molecule has 3 unspecified atom stereocenters. The average molecular weight is 674 g/mol. The van der Waals surface area contributed by atoms with E-state index in [2.05, 4.69) is 40.5 Å². The first-order valence-corrected chi connectivity index (χ1v) is 16.2. The van der Waals surface area contributed by atoms with Crippen molar-refractivity contribution in [2.45, 2.75) is 44.4 Å². The van der Waals surface area contributed by atoms with Crippen LogP contribution in [0.15, 0.2) is 109 Å². The van der Waals surface area contributed by atoms with E-state index in [-0.39, 0.29) is 12.4 Å². The number of ether oxygens (including phenoxy) is 3. The number of nitrogen functional groups attached to an aromatic ring is 1. The Kier molecular flexibility index (Phi) is 8.83. The van der Waals surface area contributed by atoms with Crippen LogP contribution in [0, 0.1) is 0 Å². The van der Waals surface area contributed by atoms with Gasteiger partial charge < -0.3 is 34.2 Å². The van der Waals surface area contributed by atoms with Crippen LogP contribution in [0.4, 0.5) is 11.6 Å². The van der Waals surface area contributed by atoms with Crippen LogP contribution < -0.4 is 16.4 Å². The number of anilines is 2. The van der Waals surface area contributed by atoms with E-state index >= 15 is 0 Å². The summed E-state index contributed by atoms with van der Waals surface area (Å²) in [5.74, 6) is 1.69. The highest BCUT2D eigenvalue weighted by molar-refractivity contribution is 5.82. The molecule has 254 valence electrons. The van der Waals surface area contributed by atoms with Gasteiger partial charge in [-0.2, -0.15) is 0 Å². The lowest BCUT2D eigenvalue weighted by Gasteiger charge is -2.36. The minimum absolute atomic E-state index is 0.174. The number of aromatic nitrogens is 8. The zero-order chi connectivity index (χ0) is 33.8. The SMILES string of the molecule is Nc1ncnc2c1ncn2C1(OCc2ccccc2)COC(CNCn2cnc3c(NCc4ccco4)ncnc32)C1OCc1ccccc1. The molecule has 1 aliphatic rings. The van der Waals surface area contributed by atoms with Crippen molar-refractivity contribution in [3.63, 3.8) is 0 Å². The topological polar surface area (TPSA) is 178 Å². The van der Waals surface area contributed by atoms with Crippen molar-refractivity contribution in [3.05, 3.63) is 121 Å². The molecule has 50 heavy (non-hydrogen) atoms. The van der Waals surface area contributed by atoms with Gasteiger partial charge in [0.1, 0.15) is 41.7 Å². The van der Waals surface area contributed by atoms with Gasteiger partial charge in [-0.1, -0.05) is 60.7 Å². The van der Waals surface area contributed by atoms with Crippen LogP contribution >= 0.6 is 0 Å². The second-order valence-electron chi connectivity index (χ2n) is 11.9. The van der Waals surface area contributed by atoms with Gasteiger partial charge in [-0.15, -0.1) is 0 Å². The molecule has 0 aliphatic carbocycles. The largest absolute Gasteiger partial charge is 0.467 e. The Labute approximate surface area is 286 Å². The number of fused-ring (bicyclic) bond motifs is 2. The van der Waals surface area contributed by atoms with E-state index in [1.807, 2.05) is 81.9 Å². The number of rotatable bonds is 14. The Morgan fingerprint density at radius 3 is 2.38 bits per heavy atom. The van der Waals surface area contributed by atoms with Gasteiger partial charge in [0.2, 0.25) is 0 Å². The standard InChI is InChI=1S/C35H35N11O4/c36-31-28-34(42-19-39-31)46(23-44-28)35(50-17-25-10-5-2-6-11-25)18-49-27(30(35)48-16-24-8-3-1-4-9-24)15-37-21-45-22-43-29-32(40-20-41-33(29)45)38-14-26-12-7-13-47-26/h1-13,19-20,22-23,27,30,37H,14-18,21H2,(H2,36,39,42)(H,38,40,41). The van der Waals surface area contributed by atoms with Crippen molar-refractivity contribution in [2.24, 2.45) is 0 Å². The first kappa shape index (κ1) is 31.5. The van der Waals surface area contributed by atoms with Crippen LogP contribution in [0.1, 0.15) is 16.9 Å². The first-order chi connectivity index (χ1) is 24.7. The normalized spacial score (nSPS) is 19.0. The fraction of sp³-hybridized carbons (Fsp3) is 0.257. The Balaban J connectivity index is 1.06. The fourth-order valence-corrected chi connectivity index (χ4v) is 6.20. The van der Waals surface area contributed by atoms with Gasteiger partial charge in [0.15, 0.2) is 28.7 Å². The molecule has 15 nitrogen and oxygen atoms in total. The lowest BCUT2D eigenvalue weighted by atomic mass is 10.0. The van der Waals surface area contributed by atoms with Crippen LogP contribution in [0.3, 0.4) is 0 Å². The monoisotopic (exact) mass is 673 g/mol. The Hall–Kier alpha value is -5.74. The quantitative estimate of drug-likeness (QED) is 0.152. The Bertz CT molecular complexity index is 2160. The molecule has 8 rings (SSSR count). The van der Waals surface area contributed by atoms with E-state index in [1.54, 1.807) is 18.9 Å². The molecule has 2 aromatic carbocycles. The third kappa shape index (κ3) is 6.25. The maximum absolute atomic E-state index is 6.87. The number of nitrogens with one attached hydrogen (secondary N) is 2. The number of furan rings is 1. The van der Waals surface area contributed by atoms with E-state index in [0.29, 0.717) is 61.1 Å². The molecule has 0 radical (unpaired) electrons. The fourth-order valence-electron chi connectivity index (χ4n) is 6.20. The summed E-state index contributed by atoms with van der Waals surface area (Å²) in [6.07, 6.45) is 6.97. The number of imidazole rings is 2. The van der Waals surface area contributed by atoms with Crippen LogP contribution in [0.25, 0.3) is 22.3 Å². The lowest BCUT2D eigenvalue weighted by molar-refractivity contribution is -0.185. The van der Waals surface area contributed by atoms with Crippen LogP contribution in [-0.4, -0.2) is 64.4 Å². The van der Waals surface area contributed by atoms with Crippen molar-refractivity contribution in [3.8, 4) is 0 Å². The zero-order valence-corrected chi connectivity index (χ0v) is 27.0. The highest BCUT2D eigenvalue weighted by Crippen LogP contribution is 2.39. The highest BCUT2D eigenvalue weighted by Gasteiger charge is 2.54. The van der Waals surface area contributed by atoms with Crippen molar-refractivity contribution in [1.82, 2.24) is 44.4 Å². The summed E-state index contributed by atoms with van der Waals surface area (Å²) in [6, 6.07) is 23.7. The highest BCUT2D eigenvalue weighted by atomic mass is 16.6. The number of nitrogens with two attached hydrogens (primary N) is 1. The van der Waals surface area contributed by atoms with Gasteiger partial charge in [0.25, 0.3) is 0 Å². The molecule has 0 amide bonds. The summed E-state index contributed by atoms with van der Waals surface area (Å²) in [6.45, 7) is 2.12. The summed E-state index contributed by atoms with van der Waals surface area (Å²) in [7, 11) is 0. The summed E-state index contributed by atoms with van der Waals surface area (Å²) >= 11 is 0. The van der Waals surface area contributed by atoms with E-state index in [1.165, 1.54) is 12.7 Å². The predicted molar refractivity (Wildman–Crippen MR) is 183 cm³/mol. The Morgan fingerprint density at radius 2 is 1.58 bits per heavy atom. The molecule has 1 saturated heterocycles. The summed E-state index contributed by atoms with van der Waals surface area (Å²) in [4.78, 5) is 26.7. The van der Waals surface area contributed by atoms with E-state index in [4.69, 9.17) is 24.4 Å². The summed E-state index contributed by atoms with van der Waals surface area (Å²) in [5, 5.41) is 6.81. The van der Waals surface area contributed by atoms with Gasteiger partial charge in [-0.05, 0) is 23.3 Å². The van der Waals surface area contributed by atoms with Crippen molar-refractivity contribution in [1.29, 1.82) is 0 Å². The Morgan fingerprint density at radius 1 is 0.820 bits per heavy atom. The molecule has 1 fully saturated rings. The lowest BCUT2D eigenvalue weighted by Crippen LogP contribution is -2.51. The molecule has 15 heteroatoms. The van der Waals surface area contributed by atoms with Gasteiger partial charge in [0, 0.05) is 6.54 Å². The molecule has 0 bridgehead atoms. The van der Waals surface area contributed by atoms with Gasteiger partial charge in [-0.25, -0.2) is 29.9 Å². The molecule has 7 aromatic rings. The molecular weight excluding hydrogens is 638 g/mol. The third-order valence-electron chi connectivity index (χ3n) is 8.70. The summed E-state index contributed by atoms with van der Waals surface area (Å²) in [5.41, 5.74) is 9.43. The smallest absolute Gasteiger partial charge is 0.200 e.